The van der Waals surface area contributed by atoms with Crippen molar-refractivity contribution >= 4 is 11.8 Å². The van der Waals surface area contributed by atoms with Crippen molar-refractivity contribution in [2.75, 3.05) is 26.7 Å². The van der Waals surface area contributed by atoms with Crippen LogP contribution in [0.2, 0.25) is 0 Å². The summed E-state index contributed by atoms with van der Waals surface area (Å²) in [6.07, 6.45) is 1.34. The summed E-state index contributed by atoms with van der Waals surface area (Å²) in [6.45, 7) is 3.09. The van der Waals surface area contributed by atoms with E-state index in [4.69, 9.17) is 5.11 Å². The van der Waals surface area contributed by atoms with E-state index in [9.17, 15) is 9.59 Å². The van der Waals surface area contributed by atoms with Gasteiger partial charge in [-0.2, -0.15) is 0 Å². The lowest BCUT2D eigenvalue weighted by Crippen LogP contribution is -2.46. The van der Waals surface area contributed by atoms with Gasteiger partial charge in [-0.3, -0.25) is 9.59 Å². The number of rotatable bonds is 8. The van der Waals surface area contributed by atoms with E-state index < -0.39 is 18.6 Å². The number of likely N-dealkylation sites (N-methyl/N-ethyl adjacent to an activating group) is 1. The van der Waals surface area contributed by atoms with Crippen LogP contribution in [0.4, 0.5) is 0 Å². The van der Waals surface area contributed by atoms with Crippen LogP contribution in [0.1, 0.15) is 19.8 Å². The maximum atomic E-state index is 11.4. The van der Waals surface area contributed by atoms with Gasteiger partial charge in [0, 0.05) is 7.05 Å². The standard InChI is InChI=1S/C10H21N3O3/c1-3-12-6-4-5-8(10(16)11-2)13-9(15)7-14/h8,12,14H,3-7H2,1-2H3,(H,11,16)(H,13,15)/t8-/m0/s1. The molecule has 0 spiro atoms. The average Bonchev–Trinajstić information content (AvgIpc) is 2.31. The Balaban J connectivity index is 4.00. The maximum Gasteiger partial charge on any atom is 0.246 e. The molecule has 0 aromatic carbocycles. The van der Waals surface area contributed by atoms with Gasteiger partial charge in [-0.25, -0.2) is 0 Å². The molecule has 0 saturated carbocycles. The Kier molecular flexibility index (Phi) is 8.46. The van der Waals surface area contributed by atoms with Crippen LogP contribution in [0, 0.1) is 0 Å². The highest BCUT2D eigenvalue weighted by Crippen LogP contribution is 1.97. The van der Waals surface area contributed by atoms with Crippen molar-refractivity contribution in [2.45, 2.75) is 25.8 Å². The zero-order chi connectivity index (χ0) is 12.4. The average molecular weight is 231 g/mol. The Bertz CT molecular complexity index is 221. The highest BCUT2D eigenvalue weighted by molar-refractivity contribution is 5.87. The highest BCUT2D eigenvalue weighted by atomic mass is 16.3. The number of aliphatic hydroxyl groups is 1. The zero-order valence-corrected chi connectivity index (χ0v) is 9.88. The lowest BCUT2D eigenvalue weighted by atomic mass is 10.1. The predicted molar refractivity (Wildman–Crippen MR) is 60.9 cm³/mol. The Hall–Kier alpha value is -1.14. The number of hydrogen-bond acceptors (Lipinski definition) is 4. The number of carbonyl (C=O) groups is 2. The SMILES string of the molecule is CCNCCC[C@H](NC(=O)CO)C(=O)NC. The molecule has 0 aromatic rings. The quantitative estimate of drug-likeness (QED) is 0.387. The van der Waals surface area contributed by atoms with E-state index in [-0.39, 0.29) is 5.91 Å². The van der Waals surface area contributed by atoms with Crippen LogP contribution in [-0.4, -0.2) is 49.7 Å². The van der Waals surface area contributed by atoms with Crippen LogP contribution in [0.15, 0.2) is 0 Å². The molecule has 0 fully saturated rings. The Labute approximate surface area is 95.8 Å². The van der Waals surface area contributed by atoms with E-state index in [2.05, 4.69) is 16.0 Å². The maximum absolute atomic E-state index is 11.4. The first-order chi connectivity index (χ1) is 7.65. The van der Waals surface area contributed by atoms with Crippen LogP contribution >= 0.6 is 0 Å². The second-order valence-corrected chi connectivity index (χ2v) is 3.39. The fourth-order valence-electron chi connectivity index (χ4n) is 1.29. The van der Waals surface area contributed by atoms with Gasteiger partial charge in [0.1, 0.15) is 12.6 Å². The molecule has 0 heterocycles. The minimum Gasteiger partial charge on any atom is -0.387 e. The lowest BCUT2D eigenvalue weighted by Gasteiger charge is -2.16. The van der Waals surface area contributed by atoms with Crippen molar-refractivity contribution in [3.05, 3.63) is 0 Å². The molecule has 0 aliphatic heterocycles. The second kappa shape index (κ2) is 9.11. The smallest absolute Gasteiger partial charge is 0.246 e. The first-order valence-electron chi connectivity index (χ1n) is 5.48. The van der Waals surface area contributed by atoms with Crippen molar-refractivity contribution in [1.82, 2.24) is 16.0 Å². The number of carbonyl (C=O) groups excluding carboxylic acids is 2. The summed E-state index contributed by atoms with van der Waals surface area (Å²) in [5.41, 5.74) is 0. The summed E-state index contributed by atoms with van der Waals surface area (Å²) in [6, 6.07) is -0.566. The molecule has 0 saturated heterocycles. The Morgan fingerprint density at radius 1 is 1.38 bits per heavy atom. The topological polar surface area (TPSA) is 90.5 Å². The van der Waals surface area contributed by atoms with E-state index in [0.717, 1.165) is 19.5 Å². The van der Waals surface area contributed by atoms with Gasteiger partial charge in [0.2, 0.25) is 11.8 Å². The normalized spacial score (nSPS) is 11.9. The number of nitrogens with one attached hydrogen (secondary N) is 3. The summed E-state index contributed by atoms with van der Waals surface area (Å²) in [5, 5.41) is 16.7. The number of aliphatic hydroxyl groups excluding tert-OH is 1. The molecule has 0 aliphatic rings. The molecule has 2 amide bonds. The van der Waals surface area contributed by atoms with Crippen LogP contribution in [-0.2, 0) is 9.59 Å². The predicted octanol–water partition coefficient (Wildman–Crippen LogP) is -1.40. The lowest BCUT2D eigenvalue weighted by molar-refractivity contribution is -0.130. The number of hydrogen-bond donors (Lipinski definition) is 4. The molecular weight excluding hydrogens is 210 g/mol. The van der Waals surface area contributed by atoms with E-state index in [1.54, 1.807) is 0 Å². The molecule has 16 heavy (non-hydrogen) atoms. The summed E-state index contributed by atoms with van der Waals surface area (Å²) >= 11 is 0. The van der Waals surface area contributed by atoms with Crippen LogP contribution < -0.4 is 16.0 Å². The van der Waals surface area contributed by atoms with E-state index >= 15 is 0 Å². The van der Waals surface area contributed by atoms with Crippen molar-refractivity contribution in [3.8, 4) is 0 Å². The van der Waals surface area contributed by atoms with Gasteiger partial charge in [0.25, 0.3) is 0 Å². The number of amides is 2. The first-order valence-corrected chi connectivity index (χ1v) is 5.48. The van der Waals surface area contributed by atoms with Gasteiger partial charge in [-0.1, -0.05) is 6.92 Å². The first kappa shape index (κ1) is 14.9. The van der Waals surface area contributed by atoms with E-state index in [1.165, 1.54) is 7.05 Å². The Morgan fingerprint density at radius 2 is 2.06 bits per heavy atom. The molecule has 94 valence electrons. The molecule has 6 nitrogen and oxygen atoms in total. The Morgan fingerprint density at radius 3 is 2.56 bits per heavy atom. The monoisotopic (exact) mass is 231 g/mol. The molecule has 1 atom stereocenters. The molecule has 0 radical (unpaired) electrons. The third-order valence-electron chi connectivity index (χ3n) is 2.14. The summed E-state index contributed by atoms with van der Waals surface area (Å²) < 4.78 is 0. The van der Waals surface area contributed by atoms with Crippen LogP contribution in [0.5, 0.6) is 0 Å². The fraction of sp³-hybridized carbons (Fsp3) is 0.800. The highest BCUT2D eigenvalue weighted by Gasteiger charge is 2.18. The molecular formula is C10H21N3O3. The molecule has 4 N–H and O–H groups in total. The van der Waals surface area contributed by atoms with Crippen molar-refractivity contribution in [2.24, 2.45) is 0 Å². The second-order valence-electron chi connectivity index (χ2n) is 3.39. The van der Waals surface area contributed by atoms with Crippen molar-refractivity contribution in [1.29, 1.82) is 0 Å². The summed E-state index contributed by atoms with van der Waals surface area (Å²) in [5.74, 6) is -0.768. The third-order valence-corrected chi connectivity index (χ3v) is 2.14. The van der Waals surface area contributed by atoms with Gasteiger partial charge in [-0.15, -0.1) is 0 Å². The van der Waals surface area contributed by atoms with Gasteiger partial charge < -0.3 is 21.1 Å². The molecule has 0 aliphatic carbocycles. The molecule has 0 bridgehead atoms. The van der Waals surface area contributed by atoms with Gasteiger partial charge in [-0.05, 0) is 25.9 Å². The van der Waals surface area contributed by atoms with Crippen molar-refractivity contribution in [3.63, 3.8) is 0 Å². The van der Waals surface area contributed by atoms with Crippen LogP contribution in [0.3, 0.4) is 0 Å². The van der Waals surface area contributed by atoms with Gasteiger partial charge in [0.15, 0.2) is 0 Å². The largest absolute Gasteiger partial charge is 0.387 e. The van der Waals surface area contributed by atoms with Crippen LogP contribution in [0.25, 0.3) is 0 Å². The van der Waals surface area contributed by atoms with Gasteiger partial charge in [0.05, 0.1) is 0 Å². The minimum atomic E-state index is -0.597. The summed E-state index contributed by atoms with van der Waals surface area (Å²) in [7, 11) is 1.52. The molecule has 0 rings (SSSR count). The molecule has 0 aromatic heterocycles. The van der Waals surface area contributed by atoms with E-state index in [1.807, 2.05) is 6.92 Å². The molecule has 6 heteroatoms. The fourth-order valence-corrected chi connectivity index (χ4v) is 1.29. The van der Waals surface area contributed by atoms with E-state index in [0.29, 0.717) is 6.42 Å². The summed E-state index contributed by atoms with van der Waals surface area (Å²) in [4.78, 5) is 22.4. The zero-order valence-electron chi connectivity index (χ0n) is 9.88. The minimum absolute atomic E-state index is 0.238. The van der Waals surface area contributed by atoms with Gasteiger partial charge >= 0.3 is 0 Å². The third kappa shape index (κ3) is 6.36. The molecule has 0 unspecified atom stereocenters. The van der Waals surface area contributed by atoms with Crippen molar-refractivity contribution < 1.29 is 14.7 Å².